The summed E-state index contributed by atoms with van der Waals surface area (Å²) in [5, 5.41) is 19.1. The van der Waals surface area contributed by atoms with Gasteiger partial charge in [-0.15, -0.1) is 10.2 Å². The molecule has 2 aliphatic rings. The average Bonchev–Trinajstić information content (AvgIpc) is 3.13. The van der Waals surface area contributed by atoms with Crippen LogP contribution in [-0.4, -0.2) is 39.0 Å². The maximum absolute atomic E-state index is 13.0. The minimum atomic E-state index is -0.0609. The van der Waals surface area contributed by atoms with Crippen molar-refractivity contribution in [3.8, 4) is 5.69 Å². The number of aromatic nitrogens is 3. The summed E-state index contributed by atoms with van der Waals surface area (Å²) in [5.41, 5.74) is 3.53. The number of anilines is 1. The maximum atomic E-state index is 13.0. The van der Waals surface area contributed by atoms with Crippen LogP contribution < -0.4 is 10.3 Å². The second kappa shape index (κ2) is 8.74. The van der Waals surface area contributed by atoms with Crippen LogP contribution in [0.2, 0.25) is 5.02 Å². The first-order valence-corrected chi connectivity index (χ1v) is 11.4. The molecule has 7 nitrogen and oxygen atoms in total. The van der Waals surface area contributed by atoms with E-state index in [1.165, 1.54) is 6.42 Å². The van der Waals surface area contributed by atoms with E-state index < -0.39 is 0 Å². The predicted molar refractivity (Wildman–Crippen MR) is 126 cm³/mol. The number of fused-ring (bicyclic) bond motifs is 3. The second-order valence-electron chi connectivity index (χ2n) is 8.32. The fourth-order valence-corrected chi connectivity index (χ4v) is 4.60. The number of carbonyl (C=O) groups excluding carboxylic acids is 1. The van der Waals surface area contributed by atoms with E-state index in [1.807, 2.05) is 60.0 Å². The van der Waals surface area contributed by atoms with Crippen molar-refractivity contribution in [2.45, 2.75) is 45.1 Å². The van der Waals surface area contributed by atoms with Crippen LogP contribution in [0.1, 0.15) is 49.1 Å². The van der Waals surface area contributed by atoms with Crippen LogP contribution in [0.15, 0.2) is 53.6 Å². The Morgan fingerprint density at radius 2 is 1.81 bits per heavy atom. The Hall–Kier alpha value is -3.19. The van der Waals surface area contributed by atoms with Crippen molar-refractivity contribution < 1.29 is 4.79 Å². The van der Waals surface area contributed by atoms with Crippen LogP contribution in [0.25, 0.3) is 5.69 Å². The normalized spacial score (nSPS) is 16.1. The SMILES string of the molecule is Cc1nnc2n1-c1ccccc1C(c1ccc(Cl)cc1)=NN2CC(=O)NC1CCCCC1. The first kappa shape index (κ1) is 20.7. The monoisotopic (exact) mass is 448 g/mol. The molecule has 0 atom stereocenters. The fourth-order valence-electron chi connectivity index (χ4n) is 4.47. The number of hydrogen-bond donors (Lipinski definition) is 1. The number of hydrogen-bond acceptors (Lipinski definition) is 5. The highest BCUT2D eigenvalue weighted by Crippen LogP contribution is 2.29. The zero-order valence-corrected chi connectivity index (χ0v) is 18.7. The number of halogens is 1. The lowest BCUT2D eigenvalue weighted by atomic mass is 9.95. The first-order valence-electron chi connectivity index (χ1n) is 11.0. The summed E-state index contributed by atoms with van der Waals surface area (Å²) in [4.78, 5) is 13.0. The third kappa shape index (κ3) is 4.00. The summed E-state index contributed by atoms with van der Waals surface area (Å²) in [5.74, 6) is 1.20. The summed E-state index contributed by atoms with van der Waals surface area (Å²) in [6, 6.07) is 15.8. The van der Waals surface area contributed by atoms with E-state index in [9.17, 15) is 4.79 Å². The van der Waals surface area contributed by atoms with E-state index >= 15 is 0 Å². The van der Waals surface area contributed by atoms with E-state index in [4.69, 9.17) is 16.7 Å². The van der Waals surface area contributed by atoms with Gasteiger partial charge in [-0.05, 0) is 38.0 Å². The van der Waals surface area contributed by atoms with E-state index in [0.29, 0.717) is 11.0 Å². The summed E-state index contributed by atoms with van der Waals surface area (Å²) < 4.78 is 1.95. The fraction of sp³-hybridized carbons (Fsp3) is 0.333. The Kier molecular flexibility index (Phi) is 5.66. The highest BCUT2D eigenvalue weighted by Gasteiger charge is 2.28. The van der Waals surface area contributed by atoms with E-state index in [2.05, 4.69) is 15.5 Å². The number of nitrogens with zero attached hydrogens (tertiary/aromatic N) is 5. The van der Waals surface area contributed by atoms with Gasteiger partial charge in [0.2, 0.25) is 5.91 Å². The minimum Gasteiger partial charge on any atom is -0.352 e. The first-order chi connectivity index (χ1) is 15.6. The maximum Gasteiger partial charge on any atom is 0.252 e. The molecular formula is C24H25ClN6O. The molecule has 1 N–H and O–H groups in total. The van der Waals surface area contributed by atoms with E-state index in [1.54, 1.807) is 5.01 Å². The van der Waals surface area contributed by atoms with Crippen LogP contribution >= 0.6 is 11.6 Å². The van der Waals surface area contributed by atoms with Crippen LogP contribution in [0, 0.1) is 6.92 Å². The lowest BCUT2D eigenvalue weighted by Crippen LogP contribution is -2.42. The van der Waals surface area contributed by atoms with Crippen molar-refractivity contribution in [3.05, 3.63) is 70.5 Å². The molecule has 5 rings (SSSR count). The smallest absolute Gasteiger partial charge is 0.252 e. The number of nitrogens with one attached hydrogen (secondary N) is 1. The number of para-hydroxylation sites is 1. The minimum absolute atomic E-state index is 0.0609. The Balaban J connectivity index is 1.56. The molecule has 0 radical (unpaired) electrons. The molecule has 2 heterocycles. The van der Waals surface area contributed by atoms with Gasteiger partial charge in [0.25, 0.3) is 5.95 Å². The lowest BCUT2D eigenvalue weighted by molar-refractivity contribution is -0.120. The van der Waals surface area contributed by atoms with Crippen LogP contribution in [0.5, 0.6) is 0 Å². The van der Waals surface area contributed by atoms with Gasteiger partial charge >= 0.3 is 0 Å². The molecule has 0 saturated heterocycles. The van der Waals surface area contributed by atoms with Crippen molar-refractivity contribution in [1.29, 1.82) is 0 Å². The van der Waals surface area contributed by atoms with Gasteiger partial charge in [-0.25, -0.2) is 5.01 Å². The van der Waals surface area contributed by atoms with E-state index in [-0.39, 0.29) is 18.5 Å². The van der Waals surface area contributed by atoms with Gasteiger partial charge in [-0.3, -0.25) is 9.36 Å². The lowest BCUT2D eigenvalue weighted by Gasteiger charge is -2.24. The third-order valence-corrected chi connectivity index (χ3v) is 6.29. The predicted octanol–water partition coefficient (Wildman–Crippen LogP) is 4.25. The number of carbonyl (C=O) groups is 1. The van der Waals surface area contributed by atoms with Crippen LogP contribution in [-0.2, 0) is 4.79 Å². The van der Waals surface area contributed by atoms with E-state index in [0.717, 1.165) is 54.0 Å². The summed E-state index contributed by atoms with van der Waals surface area (Å²) in [6.45, 7) is 1.97. The molecule has 0 bridgehead atoms. The summed E-state index contributed by atoms with van der Waals surface area (Å²) in [7, 11) is 0. The van der Waals surface area contributed by atoms with Gasteiger partial charge in [-0.1, -0.05) is 61.2 Å². The Bertz CT molecular complexity index is 1160. The van der Waals surface area contributed by atoms with Gasteiger partial charge in [0.05, 0.1) is 5.69 Å². The van der Waals surface area contributed by atoms with Gasteiger partial charge in [0.15, 0.2) is 0 Å². The number of rotatable bonds is 4. The number of amides is 1. The number of aryl methyl sites for hydroxylation is 1. The van der Waals surface area contributed by atoms with Crippen molar-refractivity contribution in [2.24, 2.45) is 5.10 Å². The summed E-state index contributed by atoms with van der Waals surface area (Å²) >= 11 is 6.12. The average molecular weight is 449 g/mol. The Labute approximate surface area is 192 Å². The molecule has 1 aromatic heterocycles. The zero-order chi connectivity index (χ0) is 22.1. The van der Waals surface area contributed by atoms with Crippen molar-refractivity contribution in [1.82, 2.24) is 20.1 Å². The molecule has 8 heteroatoms. The van der Waals surface area contributed by atoms with Gasteiger partial charge < -0.3 is 5.32 Å². The van der Waals surface area contributed by atoms with Crippen LogP contribution in [0.3, 0.4) is 0 Å². The molecule has 1 aliphatic carbocycles. The standard InChI is InChI=1S/C24H25ClN6O/c1-16-27-28-24-30(15-22(32)26-19-7-3-2-4-8-19)29-23(17-11-13-18(25)14-12-17)20-9-5-6-10-21(20)31(16)24/h5-6,9-14,19H,2-4,7-8,15H2,1H3,(H,26,32). The quantitative estimate of drug-likeness (QED) is 0.647. The van der Waals surface area contributed by atoms with Crippen molar-refractivity contribution in [2.75, 3.05) is 11.6 Å². The molecule has 0 unspecified atom stereocenters. The molecule has 3 aromatic rings. The molecular weight excluding hydrogens is 424 g/mol. The van der Waals surface area contributed by atoms with Crippen molar-refractivity contribution >= 4 is 29.2 Å². The van der Waals surface area contributed by atoms with Gasteiger partial charge in [0.1, 0.15) is 18.1 Å². The molecule has 2 aromatic carbocycles. The van der Waals surface area contributed by atoms with Crippen LogP contribution in [0.4, 0.5) is 5.95 Å². The largest absolute Gasteiger partial charge is 0.352 e. The van der Waals surface area contributed by atoms with Gasteiger partial charge in [0, 0.05) is 22.2 Å². The van der Waals surface area contributed by atoms with Crippen molar-refractivity contribution in [3.63, 3.8) is 0 Å². The Morgan fingerprint density at radius 3 is 2.59 bits per heavy atom. The molecule has 1 amide bonds. The number of hydrazone groups is 1. The number of benzene rings is 2. The molecule has 164 valence electrons. The zero-order valence-electron chi connectivity index (χ0n) is 18.0. The van der Waals surface area contributed by atoms with Gasteiger partial charge in [-0.2, -0.15) is 5.10 Å². The molecule has 1 fully saturated rings. The highest BCUT2D eigenvalue weighted by molar-refractivity contribution is 6.30. The molecule has 32 heavy (non-hydrogen) atoms. The third-order valence-electron chi connectivity index (χ3n) is 6.04. The topological polar surface area (TPSA) is 75.4 Å². The molecule has 1 aliphatic heterocycles. The molecule has 0 spiro atoms. The second-order valence-corrected chi connectivity index (χ2v) is 8.75. The highest BCUT2D eigenvalue weighted by atomic mass is 35.5. The summed E-state index contributed by atoms with van der Waals surface area (Å²) in [6.07, 6.45) is 5.64. The molecule has 1 saturated carbocycles. The Morgan fingerprint density at radius 1 is 1.06 bits per heavy atom.